The van der Waals surface area contributed by atoms with Gasteiger partial charge in [-0.1, -0.05) is 18.2 Å². The van der Waals surface area contributed by atoms with Crippen molar-refractivity contribution in [3.05, 3.63) is 88.6 Å². The van der Waals surface area contributed by atoms with Crippen LogP contribution in [0.5, 0.6) is 17.2 Å². The van der Waals surface area contributed by atoms with E-state index < -0.39 is 6.10 Å². The molecule has 0 aliphatic rings. The van der Waals surface area contributed by atoms with E-state index in [4.69, 9.17) is 9.47 Å². The molecule has 2 atom stereocenters. The lowest BCUT2D eigenvalue weighted by Gasteiger charge is -2.18. The zero-order valence-electron chi connectivity index (χ0n) is 22.3. The maximum Gasteiger partial charge on any atom is 0.268 e. The minimum atomic E-state index is -0.776. The summed E-state index contributed by atoms with van der Waals surface area (Å²) in [5.41, 5.74) is 4.18. The van der Waals surface area contributed by atoms with E-state index in [0.717, 1.165) is 28.5 Å². The van der Waals surface area contributed by atoms with Crippen LogP contribution < -0.4 is 20.1 Å². The van der Waals surface area contributed by atoms with Gasteiger partial charge >= 0.3 is 0 Å². The lowest BCUT2D eigenvalue weighted by Crippen LogP contribution is -2.32. The first kappa shape index (κ1) is 28.0. The van der Waals surface area contributed by atoms with Crippen molar-refractivity contribution in [2.75, 3.05) is 20.8 Å². The van der Waals surface area contributed by atoms with Gasteiger partial charge in [-0.2, -0.15) is 0 Å². The van der Waals surface area contributed by atoms with E-state index in [9.17, 15) is 20.1 Å². The van der Waals surface area contributed by atoms with Crippen molar-refractivity contribution in [3.63, 3.8) is 0 Å². The lowest BCUT2D eigenvalue weighted by atomic mass is 10.0. The van der Waals surface area contributed by atoms with E-state index in [1.165, 1.54) is 6.07 Å². The van der Waals surface area contributed by atoms with Crippen LogP contribution in [0.25, 0.3) is 10.9 Å². The first-order valence-electron chi connectivity index (χ1n) is 12.8. The number of ether oxygens (including phenoxy) is 2. The highest BCUT2D eigenvalue weighted by molar-refractivity contribution is 5.98. The van der Waals surface area contributed by atoms with Crippen LogP contribution in [0.1, 0.15) is 45.8 Å². The Morgan fingerprint density at radius 3 is 2.46 bits per heavy atom. The molecule has 6 N–H and O–H groups in total. The third-order valence-corrected chi connectivity index (χ3v) is 6.75. The monoisotopic (exact) mass is 533 g/mol. The number of H-pyrrole nitrogens is 1. The molecular formula is C30H35N3O6. The molecule has 0 aliphatic carbocycles. The van der Waals surface area contributed by atoms with Crippen LogP contribution in [-0.2, 0) is 19.6 Å². The van der Waals surface area contributed by atoms with Crippen LogP contribution in [0.2, 0.25) is 0 Å². The van der Waals surface area contributed by atoms with Crippen LogP contribution in [-0.4, -0.2) is 53.0 Å². The zero-order valence-corrected chi connectivity index (χ0v) is 22.3. The molecule has 4 rings (SSSR count). The highest BCUT2D eigenvalue weighted by Crippen LogP contribution is 2.28. The molecule has 0 saturated carbocycles. The van der Waals surface area contributed by atoms with E-state index >= 15 is 0 Å². The number of carbonyl (C=O) groups is 1. The van der Waals surface area contributed by atoms with Crippen LogP contribution >= 0.6 is 0 Å². The molecule has 1 aromatic heterocycles. The van der Waals surface area contributed by atoms with E-state index in [-0.39, 0.29) is 30.9 Å². The Bertz CT molecular complexity index is 1410. The Morgan fingerprint density at radius 2 is 1.77 bits per heavy atom. The molecule has 1 amide bonds. The molecule has 9 nitrogen and oxygen atoms in total. The van der Waals surface area contributed by atoms with Gasteiger partial charge in [0, 0.05) is 29.1 Å². The molecule has 1 heterocycles. The van der Waals surface area contributed by atoms with Crippen molar-refractivity contribution in [3.8, 4) is 17.2 Å². The van der Waals surface area contributed by atoms with Gasteiger partial charge in [0.15, 0.2) is 0 Å². The number of hydrogen-bond donors (Lipinski definition) is 6. The van der Waals surface area contributed by atoms with Crippen molar-refractivity contribution < 1.29 is 29.6 Å². The van der Waals surface area contributed by atoms with Gasteiger partial charge in [0.2, 0.25) is 0 Å². The number of fused-ring (bicyclic) bond motifs is 1. The van der Waals surface area contributed by atoms with E-state index in [1.807, 2.05) is 49.4 Å². The first-order chi connectivity index (χ1) is 18.8. The third kappa shape index (κ3) is 6.69. The van der Waals surface area contributed by atoms with Gasteiger partial charge in [-0.25, -0.2) is 0 Å². The minimum absolute atomic E-state index is 0.00669. The first-order valence-corrected chi connectivity index (χ1v) is 12.8. The summed E-state index contributed by atoms with van der Waals surface area (Å²) >= 11 is 0. The summed E-state index contributed by atoms with van der Waals surface area (Å²) in [4.78, 5) is 16.1. The quantitative estimate of drug-likeness (QED) is 0.164. The van der Waals surface area contributed by atoms with Gasteiger partial charge in [-0.15, -0.1) is 0 Å². The SMILES string of the molecule is COc1cccc(OC)c1CNC(=O)c1cc2cc(C[C@@H](C)NCC(O)c3ccc(O)c(CO)c3)ccc2[nH]1. The Balaban J connectivity index is 1.35. The summed E-state index contributed by atoms with van der Waals surface area (Å²) in [7, 11) is 3.16. The Kier molecular flexibility index (Phi) is 9.08. The number of nitrogens with one attached hydrogen (secondary N) is 3. The van der Waals surface area contributed by atoms with Gasteiger partial charge in [0.1, 0.15) is 22.9 Å². The number of aromatic nitrogens is 1. The molecule has 0 radical (unpaired) electrons. The van der Waals surface area contributed by atoms with Gasteiger partial charge < -0.3 is 40.4 Å². The highest BCUT2D eigenvalue weighted by atomic mass is 16.5. The van der Waals surface area contributed by atoms with Crippen molar-refractivity contribution >= 4 is 16.8 Å². The summed E-state index contributed by atoms with van der Waals surface area (Å²) < 4.78 is 10.8. The molecule has 0 fully saturated rings. The fraction of sp³-hybridized carbons (Fsp3) is 0.300. The molecule has 0 bridgehead atoms. The number of methoxy groups -OCH3 is 2. The molecule has 1 unspecified atom stereocenters. The third-order valence-electron chi connectivity index (χ3n) is 6.75. The largest absolute Gasteiger partial charge is 0.508 e. The maximum absolute atomic E-state index is 12.9. The van der Waals surface area contributed by atoms with Crippen LogP contribution in [0.3, 0.4) is 0 Å². The average molecular weight is 534 g/mol. The normalized spacial score (nSPS) is 12.7. The number of phenols is 1. The molecule has 4 aromatic rings. The number of aliphatic hydroxyl groups excluding tert-OH is 2. The molecule has 0 spiro atoms. The van der Waals surface area contributed by atoms with E-state index in [1.54, 1.807) is 26.4 Å². The fourth-order valence-electron chi connectivity index (χ4n) is 4.59. The number of aromatic amines is 1. The van der Waals surface area contributed by atoms with E-state index in [0.29, 0.717) is 34.9 Å². The summed E-state index contributed by atoms with van der Waals surface area (Å²) in [6.07, 6.45) is -0.0529. The number of carbonyl (C=O) groups excluding carboxylic acids is 1. The molecule has 3 aromatic carbocycles. The fourth-order valence-corrected chi connectivity index (χ4v) is 4.59. The lowest BCUT2D eigenvalue weighted by molar-refractivity contribution is 0.0946. The minimum Gasteiger partial charge on any atom is -0.508 e. The zero-order chi connectivity index (χ0) is 27.9. The second-order valence-electron chi connectivity index (χ2n) is 9.50. The van der Waals surface area contributed by atoms with Crippen molar-refractivity contribution in [1.82, 2.24) is 15.6 Å². The Labute approximate surface area is 227 Å². The van der Waals surface area contributed by atoms with E-state index in [2.05, 4.69) is 15.6 Å². The number of benzene rings is 3. The summed E-state index contributed by atoms with van der Waals surface area (Å²) in [5, 5.41) is 36.8. The van der Waals surface area contributed by atoms with Crippen LogP contribution in [0.4, 0.5) is 0 Å². The standard InChI is InChI=1S/C30H35N3O6/c1-18(31-16-27(36)20-8-10-26(35)22(13-20)17-34)11-19-7-9-24-21(12-19)14-25(33-24)30(37)32-15-23-28(38-2)5-4-6-29(23)39-3/h4-10,12-14,18,27,31,33-36H,11,15-17H2,1-3H3,(H,32,37)/t18-,27?/m1/s1. The smallest absolute Gasteiger partial charge is 0.268 e. The maximum atomic E-state index is 12.9. The second kappa shape index (κ2) is 12.7. The average Bonchev–Trinajstić information content (AvgIpc) is 3.38. The van der Waals surface area contributed by atoms with Crippen molar-refractivity contribution in [1.29, 1.82) is 0 Å². The van der Waals surface area contributed by atoms with Crippen molar-refractivity contribution in [2.45, 2.75) is 38.6 Å². The molecule has 0 saturated heterocycles. The summed E-state index contributed by atoms with van der Waals surface area (Å²) in [5.74, 6) is 1.06. The van der Waals surface area contributed by atoms with Crippen molar-refractivity contribution in [2.24, 2.45) is 0 Å². The number of hydrogen-bond acceptors (Lipinski definition) is 7. The molecule has 206 valence electrons. The number of amides is 1. The van der Waals surface area contributed by atoms with Gasteiger partial charge in [0.05, 0.1) is 39.0 Å². The Morgan fingerprint density at radius 1 is 1.03 bits per heavy atom. The van der Waals surface area contributed by atoms with Crippen LogP contribution in [0, 0.1) is 0 Å². The number of aliphatic hydroxyl groups is 2. The predicted molar refractivity (Wildman–Crippen MR) is 149 cm³/mol. The molecular weight excluding hydrogens is 498 g/mol. The molecule has 39 heavy (non-hydrogen) atoms. The second-order valence-corrected chi connectivity index (χ2v) is 9.50. The predicted octanol–water partition coefficient (Wildman–Crippen LogP) is 3.57. The molecule has 9 heteroatoms. The van der Waals surface area contributed by atoms with Crippen LogP contribution in [0.15, 0.2) is 60.7 Å². The molecule has 0 aliphatic heterocycles. The number of rotatable bonds is 12. The topological polar surface area (TPSA) is 136 Å². The summed E-state index contributed by atoms with van der Waals surface area (Å²) in [6.45, 7) is 2.32. The van der Waals surface area contributed by atoms with Gasteiger partial charge in [0.25, 0.3) is 5.91 Å². The van der Waals surface area contributed by atoms with Gasteiger partial charge in [-0.05, 0) is 66.9 Å². The number of aromatic hydroxyl groups is 1. The van der Waals surface area contributed by atoms with Gasteiger partial charge in [-0.3, -0.25) is 4.79 Å². The Hall–Kier alpha value is -4.05. The summed E-state index contributed by atoms with van der Waals surface area (Å²) in [6, 6.07) is 18.1. The highest BCUT2D eigenvalue weighted by Gasteiger charge is 2.15.